The first kappa shape index (κ1) is 9.51. The molecule has 0 aliphatic carbocycles. The Hall–Kier alpha value is -2.04. The van der Waals surface area contributed by atoms with Crippen LogP contribution in [0.5, 0.6) is 0 Å². The van der Waals surface area contributed by atoms with E-state index in [2.05, 4.69) is 10.7 Å². The molecular formula is C10H11N3O2. The molecule has 5 nitrogen and oxygen atoms in total. The van der Waals surface area contributed by atoms with E-state index in [1.807, 2.05) is 18.2 Å². The predicted octanol–water partition coefficient (Wildman–Crippen LogP) is 0.954. The van der Waals surface area contributed by atoms with Gasteiger partial charge < -0.3 is 5.32 Å². The molecule has 0 bridgehead atoms. The maximum Gasteiger partial charge on any atom is 0.344 e. The molecule has 2 N–H and O–H groups in total. The number of urea groups is 1. The first-order chi connectivity index (χ1) is 7.18. The first-order valence-electron chi connectivity index (χ1n) is 4.64. The second kappa shape index (κ2) is 3.61. The van der Waals surface area contributed by atoms with Gasteiger partial charge in [-0.15, -0.1) is 0 Å². The maximum atomic E-state index is 11.5. The Morgan fingerprint density at radius 2 is 1.93 bits per heavy atom. The molecule has 5 heteroatoms. The third kappa shape index (κ3) is 1.76. The molecule has 1 atom stereocenters. The zero-order valence-corrected chi connectivity index (χ0v) is 8.23. The van der Waals surface area contributed by atoms with Crippen LogP contribution in [0.4, 0.5) is 10.5 Å². The predicted molar refractivity (Wildman–Crippen MR) is 54.9 cm³/mol. The Morgan fingerprint density at radius 3 is 2.47 bits per heavy atom. The molecule has 1 aliphatic heterocycles. The molecule has 1 aliphatic rings. The van der Waals surface area contributed by atoms with Gasteiger partial charge in [0.25, 0.3) is 5.91 Å². The van der Waals surface area contributed by atoms with Gasteiger partial charge in [0.2, 0.25) is 0 Å². The summed E-state index contributed by atoms with van der Waals surface area (Å²) in [4.78, 5) is 22.8. The number of anilines is 1. The summed E-state index contributed by atoms with van der Waals surface area (Å²) in [7, 11) is 0. The number of nitrogens with one attached hydrogen (secondary N) is 2. The van der Waals surface area contributed by atoms with Gasteiger partial charge in [-0.2, -0.15) is 5.01 Å². The van der Waals surface area contributed by atoms with Crippen molar-refractivity contribution in [2.24, 2.45) is 0 Å². The summed E-state index contributed by atoms with van der Waals surface area (Å²) in [5, 5.41) is 3.50. The minimum absolute atomic E-state index is 0.274. The maximum absolute atomic E-state index is 11.5. The van der Waals surface area contributed by atoms with E-state index in [-0.39, 0.29) is 5.91 Å². The van der Waals surface area contributed by atoms with Gasteiger partial charge in [-0.1, -0.05) is 18.2 Å². The molecule has 0 radical (unpaired) electrons. The third-order valence-corrected chi connectivity index (χ3v) is 2.15. The van der Waals surface area contributed by atoms with Crippen LogP contribution < -0.4 is 10.7 Å². The Morgan fingerprint density at radius 1 is 1.27 bits per heavy atom. The van der Waals surface area contributed by atoms with Gasteiger partial charge in [0.05, 0.1) is 5.69 Å². The summed E-state index contributed by atoms with van der Waals surface area (Å²) in [6.07, 6.45) is 0. The lowest BCUT2D eigenvalue weighted by molar-refractivity contribution is -0.126. The van der Waals surface area contributed by atoms with E-state index in [4.69, 9.17) is 0 Å². The molecule has 0 spiro atoms. The molecule has 1 aromatic carbocycles. The summed E-state index contributed by atoms with van der Waals surface area (Å²) in [5.41, 5.74) is 3.45. The van der Waals surface area contributed by atoms with E-state index in [1.165, 1.54) is 0 Å². The normalized spacial score (nSPS) is 20.3. The lowest BCUT2D eigenvalue weighted by atomic mass is 10.3. The number of rotatable bonds is 2. The van der Waals surface area contributed by atoms with Crippen LogP contribution in [0.3, 0.4) is 0 Å². The van der Waals surface area contributed by atoms with E-state index in [1.54, 1.807) is 19.1 Å². The van der Waals surface area contributed by atoms with Crippen LogP contribution in [0, 0.1) is 0 Å². The molecule has 1 unspecified atom stereocenters. The Bertz CT molecular complexity index is 391. The van der Waals surface area contributed by atoms with Crippen LogP contribution in [0.2, 0.25) is 0 Å². The number of nitrogens with zero attached hydrogens (tertiary/aromatic N) is 1. The van der Waals surface area contributed by atoms with Crippen molar-refractivity contribution in [3.8, 4) is 0 Å². The molecule has 78 valence electrons. The molecule has 1 heterocycles. The number of hydrogen-bond acceptors (Lipinski definition) is 3. The lowest BCUT2D eigenvalue weighted by Gasteiger charge is -2.14. The standard InChI is InChI=1S/C10H11N3O2/c1-7-9(14)13(10(15)11-7)12-8-5-3-2-4-6-8/h2-7,12H,1H3,(H,11,15). The van der Waals surface area contributed by atoms with Crippen molar-refractivity contribution in [2.45, 2.75) is 13.0 Å². The van der Waals surface area contributed by atoms with Crippen molar-refractivity contribution >= 4 is 17.6 Å². The largest absolute Gasteiger partial charge is 0.344 e. The van der Waals surface area contributed by atoms with Gasteiger partial charge in [-0.05, 0) is 19.1 Å². The highest BCUT2D eigenvalue weighted by molar-refractivity contribution is 6.04. The van der Waals surface area contributed by atoms with E-state index in [0.717, 1.165) is 5.01 Å². The van der Waals surface area contributed by atoms with E-state index < -0.39 is 12.1 Å². The average molecular weight is 205 g/mol. The number of para-hydroxylation sites is 1. The minimum Gasteiger partial charge on any atom is -0.325 e. The van der Waals surface area contributed by atoms with Crippen molar-refractivity contribution in [3.05, 3.63) is 30.3 Å². The van der Waals surface area contributed by atoms with E-state index in [9.17, 15) is 9.59 Å². The van der Waals surface area contributed by atoms with Crippen molar-refractivity contribution in [1.82, 2.24) is 10.3 Å². The average Bonchev–Trinajstić information content (AvgIpc) is 2.47. The Kier molecular flexibility index (Phi) is 2.29. The number of imide groups is 1. The Labute approximate surface area is 87.0 Å². The van der Waals surface area contributed by atoms with Crippen LogP contribution in [-0.2, 0) is 4.79 Å². The topological polar surface area (TPSA) is 61.4 Å². The highest BCUT2D eigenvalue weighted by Crippen LogP contribution is 2.11. The molecule has 2 rings (SSSR count). The number of amides is 3. The van der Waals surface area contributed by atoms with E-state index in [0.29, 0.717) is 5.69 Å². The van der Waals surface area contributed by atoms with Gasteiger partial charge in [0.15, 0.2) is 0 Å². The highest BCUT2D eigenvalue weighted by Gasteiger charge is 2.35. The van der Waals surface area contributed by atoms with E-state index >= 15 is 0 Å². The zero-order valence-electron chi connectivity index (χ0n) is 8.23. The second-order valence-electron chi connectivity index (χ2n) is 3.32. The van der Waals surface area contributed by atoms with Crippen LogP contribution in [0.25, 0.3) is 0 Å². The monoisotopic (exact) mass is 205 g/mol. The molecule has 1 aromatic rings. The van der Waals surface area contributed by atoms with Gasteiger partial charge in [-0.25, -0.2) is 4.79 Å². The fraction of sp³-hybridized carbons (Fsp3) is 0.200. The highest BCUT2D eigenvalue weighted by atomic mass is 16.2. The summed E-state index contributed by atoms with van der Waals surface area (Å²) >= 11 is 0. The quantitative estimate of drug-likeness (QED) is 0.707. The molecule has 0 aromatic heterocycles. The van der Waals surface area contributed by atoms with Crippen LogP contribution >= 0.6 is 0 Å². The van der Waals surface area contributed by atoms with Crippen molar-refractivity contribution in [1.29, 1.82) is 0 Å². The van der Waals surface area contributed by atoms with Crippen LogP contribution in [-0.4, -0.2) is 23.0 Å². The number of hydrazine groups is 1. The summed E-state index contributed by atoms with van der Waals surface area (Å²) in [6, 6.07) is 8.19. The van der Waals surface area contributed by atoms with Gasteiger partial charge in [0.1, 0.15) is 6.04 Å². The van der Waals surface area contributed by atoms with Gasteiger partial charge in [-0.3, -0.25) is 10.2 Å². The lowest BCUT2D eigenvalue weighted by Crippen LogP contribution is -2.36. The molecule has 15 heavy (non-hydrogen) atoms. The number of benzene rings is 1. The SMILES string of the molecule is CC1NC(=O)N(Nc2ccccc2)C1=O. The Balaban J connectivity index is 2.13. The van der Waals surface area contributed by atoms with Crippen molar-refractivity contribution in [2.75, 3.05) is 5.43 Å². The molecule has 3 amide bonds. The second-order valence-corrected chi connectivity index (χ2v) is 3.32. The summed E-state index contributed by atoms with van der Waals surface area (Å²) < 4.78 is 0. The van der Waals surface area contributed by atoms with Gasteiger partial charge >= 0.3 is 6.03 Å². The zero-order chi connectivity index (χ0) is 10.8. The third-order valence-electron chi connectivity index (χ3n) is 2.15. The molecule has 1 saturated heterocycles. The van der Waals surface area contributed by atoms with Crippen molar-refractivity contribution < 1.29 is 9.59 Å². The molecule has 1 fully saturated rings. The molecular weight excluding hydrogens is 194 g/mol. The number of carbonyl (C=O) groups excluding carboxylic acids is 2. The number of carbonyl (C=O) groups is 2. The summed E-state index contributed by atoms with van der Waals surface area (Å²) in [6.45, 7) is 1.65. The van der Waals surface area contributed by atoms with Gasteiger partial charge in [0, 0.05) is 0 Å². The fourth-order valence-corrected chi connectivity index (χ4v) is 1.35. The molecule has 0 saturated carbocycles. The number of hydrogen-bond donors (Lipinski definition) is 2. The minimum atomic E-state index is -0.464. The van der Waals surface area contributed by atoms with Crippen LogP contribution in [0.15, 0.2) is 30.3 Å². The van der Waals surface area contributed by atoms with Crippen molar-refractivity contribution in [3.63, 3.8) is 0 Å². The smallest absolute Gasteiger partial charge is 0.325 e. The fourth-order valence-electron chi connectivity index (χ4n) is 1.35. The first-order valence-corrected chi connectivity index (χ1v) is 4.64. The summed E-state index contributed by atoms with van der Waals surface area (Å²) in [5.74, 6) is -0.274. The van der Waals surface area contributed by atoms with Crippen LogP contribution in [0.1, 0.15) is 6.92 Å².